The molecule has 3 aromatic rings. The van der Waals surface area contributed by atoms with Crippen LogP contribution >= 0.6 is 0 Å². The maximum Gasteiger partial charge on any atom is 0.213 e. The first-order valence-corrected chi connectivity index (χ1v) is 8.78. The van der Waals surface area contributed by atoms with E-state index in [4.69, 9.17) is 4.74 Å². The van der Waals surface area contributed by atoms with E-state index in [-0.39, 0.29) is 0 Å². The Hall–Kier alpha value is -2.80. The van der Waals surface area contributed by atoms with Gasteiger partial charge >= 0.3 is 0 Å². The zero-order valence-corrected chi connectivity index (χ0v) is 15.0. The second-order valence-electron chi connectivity index (χ2n) is 6.53. The Balaban J connectivity index is 1.49. The van der Waals surface area contributed by atoms with Crippen molar-refractivity contribution >= 4 is 16.7 Å². The number of hydrogen-bond donors (Lipinski definition) is 0. The van der Waals surface area contributed by atoms with E-state index >= 15 is 0 Å². The van der Waals surface area contributed by atoms with Gasteiger partial charge in [-0.05, 0) is 19.1 Å². The summed E-state index contributed by atoms with van der Waals surface area (Å²) >= 11 is 0. The predicted octanol–water partition coefficient (Wildman–Crippen LogP) is 2.14. The molecule has 0 aromatic carbocycles. The highest BCUT2D eigenvalue weighted by atomic mass is 16.5. The van der Waals surface area contributed by atoms with Crippen molar-refractivity contribution in [3.63, 3.8) is 0 Å². The van der Waals surface area contributed by atoms with Crippen LogP contribution in [0.1, 0.15) is 12.6 Å². The van der Waals surface area contributed by atoms with Crippen molar-refractivity contribution in [1.82, 2.24) is 24.8 Å². The summed E-state index contributed by atoms with van der Waals surface area (Å²) in [7, 11) is 1.65. The lowest BCUT2D eigenvalue weighted by Gasteiger charge is -2.40. The third-order valence-corrected chi connectivity index (χ3v) is 4.84. The standard InChI is InChI=1S/C19H22N6O/c1-14-11-25(19-16-6-7-20-10-17(16)21-13-22-19)9-8-24(14)12-15-4-3-5-18(23-15)26-2/h3-7,10,13-14H,8-9,11-12H2,1-2H3. The molecular weight excluding hydrogens is 328 g/mol. The molecule has 1 saturated heterocycles. The summed E-state index contributed by atoms with van der Waals surface area (Å²) in [6, 6.07) is 8.29. The van der Waals surface area contributed by atoms with Crippen LogP contribution in [-0.4, -0.2) is 57.6 Å². The van der Waals surface area contributed by atoms with E-state index < -0.39 is 0 Å². The highest BCUT2D eigenvalue weighted by Gasteiger charge is 2.26. The second kappa shape index (κ2) is 7.21. The van der Waals surface area contributed by atoms with Crippen LogP contribution in [0.5, 0.6) is 5.88 Å². The SMILES string of the molecule is COc1cccc(CN2CCN(c3ncnc4cnccc34)CC2C)n1. The molecule has 4 rings (SSSR count). The first-order chi connectivity index (χ1) is 12.7. The van der Waals surface area contributed by atoms with Crippen LogP contribution in [0.2, 0.25) is 0 Å². The molecule has 134 valence electrons. The van der Waals surface area contributed by atoms with Gasteiger partial charge in [0.05, 0.1) is 24.5 Å². The summed E-state index contributed by atoms with van der Waals surface area (Å²) < 4.78 is 5.23. The lowest BCUT2D eigenvalue weighted by Crippen LogP contribution is -2.51. The quantitative estimate of drug-likeness (QED) is 0.714. The number of pyridine rings is 2. The van der Waals surface area contributed by atoms with Gasteiger partial charge in [-0.2, -0.15) is 0 Å². The molecule has 1 atom stereocenters. The van der Waals surface area contributed by atoms with Crippen molar-refractivity contribution < 1.29 is 4.74 Å². The molecule has 1 aliphatic heterocycles. The maximum atomic E-state index is 5.23. The van der Waals surface area contributed by atoms with Crippen molar-refractivity contribution in [2.45, 2.75) is 19.5 Å². The van der Waals surface area contributed by atoms with Gasteiger partial charge in [0, 0.05) is 49.9 Å². The molecule has 0 aliphatic carbocycles. The summed E-state index contributed by atoms with van der Waals surface area (Å²) in [5, 5.41) is 1.05. The summed E-state index contributed by atoms with van der Waals surface area (Å²) in [6.45, 7) is 5.86. The minimum Gasteiger partial charge on any atom is -0.481 e. The number of fused-ring (bicyclic) bond motifs is 1. The second-order valence-corrected chi connectivity index (χ2v) is 6.53. The molecule has 1 unspecified atom stereocenters. The number of ether oxygens (including phenoxy) is 1. The largest absolute Gasteiger partial charge is 0.481 e. The van der Waals surface area contributed by atoms with Gasteiger partial charge in [0.1, 0.15) is 12.1 Å². The number of methoxy groups -OCH3 is 1. The van der Waals surface area contributed by atoms with Gasteiger partial charge in [0.2, 0.25) is 5.88 Å². The van der Waals surface area contributed by atoms with Crippen LogP contribution in [-0.2, 0) is 6.54 Å². The number of aromatic nitrogens is 4. The zero-order chi connectivity index (χ0) is 17.9. The average molecular weight is 350 g/mol. The Morgan fingerprint density at radius 3 is 2.96 bits per heavy atom. The van der Waals surface area contributed by atoms with E-state index in [0.717, 1.165) is 48.6 Å². The van der Waals surface area contributed by atoms with Gasteiger partial charge in [-0.15, -0.1) is 0 Å². The fraction of sp³-hybridized carbons (Fsp3) is 0.368. The van der Waals surface area contributed by atoms with E-state index in [2.05, 4.69) is 36.7 Å². The monoisotopic (exact) mass is 350 g/mol. The predicted molar refractivity (Wildman–Crippen MR) is 100 cm³/mol. The molecule has 4 heterocycles. The molecule has 1 aliphatic rings. The first-order valence-electron chi connectivity index (χ1n) is 8.78. The van der Waals surface area contributed by atoms with Crippen molar-refractivity contribution in [3.8, 4) is 5.88 Å². The number of hydrogen-bond acceptors (Lipinski definition) is 7. The van der Waals surface area contributed by atoms with Gasteiger partial charge in [-0.3, -0.25) is 9.88 Å². The molecule has 0 amide bonds. The Morgan fingerprint density at radius 1 is 1.19 bits per heavy atom. The van der Waals surface area contributed by atoms with Crippen LogP contribution in [0.15, 0.2) is 43.0 Å². The maximum absolute atomic E-state index is 5.23. The minimum atomic E-state index is 0.392. The van der Waals surface area contributed by atoms with E-state index in [1.807, 2.05) is 24.3 Å². The van der Waals surface area contributed by atoms with Gasteiger partial charge in [0.15, 0.2) is 0 Å². The molecule has 0 saturated carbocycles. The molecule has 1 fully saturated rings. The minimum absolute atomic E-state index is 0.392. The van der Waals surface area contributed by atoms with Gasteiger partial charge < -0.3 is 9.64 Å². The highest BCUT2D eigenvalue weighted by molar-refractivity contribution is 5.88. The number of anilines is 1. The number of piperazine rings is 1. The lowest BCUT2D eigenvalue weighted by molar-refractivity contribution is 0.178. The number of rotatable bonds is 4. The molecule has 0 spiro atoms. The molecule has 0 bridgehead atoms. The molecule has 7 nitrogen and oxygen atoms in total. The highest BCUT2D eigenvalue weighted by Crippen LogP contribution is 2.25. The smallest absolute Gasteiger partial charge is 0.213 e. The van der Waals surface area contributed by atoms with Gasteiger partial charge in [-0.1, -0.05) is 6.07 Å². The van der Waals surface area contributed by atoms with Crippen molar-refractivity contribution in [2.75, 3.05) is 31.6 Å². The molecule has 26 heavy (non-hydrogen) atoms. The average Bonchev–Trinajstić information content (AvgIpc) is 2.69. The Kier molecular flexibility index (Phi) is 4.62. The van der Waals surface area contributed by atoms with Crippen molar-refractivity contribution in [1.29, 1.82) is 0 Å². The Labute approximate surface area is 152 Å². The summed E-state index contributed by atoms with van der Waals surface area (Å²) in [6.07, 6.45) is 5.20. The van der Waals surface area contributed by atoms with Crippen LogP contribution in [0.3, 0.4) is 0 Å². The first kappa shape index (κ1) is 16.7. The van der Waals surface area contributed by atoms with E-state index in [1.165, 1.54) is 0 Å². The van der Waals surface area contributed by atoms with E-state index in [9.17, 15) is 0 Å². The van der Waals surface area contributed by atoms with E-state index in [0.29, 0.717) is 11.9 Å². The lowest BCUT2D eigenvalue weighted by atomic mass is 10.1. The summed E-state index contributed by atoms with van der Waals surface area (Å²) in [5.41, 5.74) is 1.91. The van der Waals surface area contributed by atoms with E-state index in [1.54, 1.807) is 25.8 Å². The third kappa shape index (κ3) is 3.30. The van der Waals surface area contributed by atoms with Crippen LogP contribution < -0.4 is 9.64 Å². The van der Waals surface area contributed by atoms with Crippen molar-refractivity contribution in [2.24, 2.45) is 0 Å². The molecule has 0 radical (unpaired) electrons. The molecular formula is C19H22N6O. The molecule has 0 N–H and O–H groups in total. The number of nitrogens with zero attached hydrogens (tertiary/aromatic N) is 6. The van der Waals surface area contributed by atoms with Crippen LogP contribution in [0.4, 0.5) is 5.82 Å². The van der Waals surface area contributed by atoms with Gasteiger partial charge in [0.25, 0.3) is 0 Å². The third-order valence-electron chi connectivity index (χ3n) is 4.84. The fourth-order valence-corrected chi connectivity index (χ4v) is 3.44. The summed E-state index contributed by atoms with van der Waals surface area (Å²) in [5.74, 6) is 1.65. The van der Waals surface area contributed by atoms with Gasteiger partial charge in [-0.25, -0.2) is 15.0 Å². The summed E-state index contributed by atoms with van der Waals surface area (Å²) in [4.78, 5) is 22.3. The van der Waals surface area contributed by atoms with Crippen molar-refractivity contribution in [3.05, 3.63) is 48.7 Å². The molecule has 3 aromatic heterocycles. The van der Waals surface area contributed by atoms with Crippen LogP contribution in [0.25, 0.3) is 10.9 Å². The van der Waals surface area contributed by atoms with Crippen LogP contribution in [0, 0.1) is 0 Å². The fourth-order valence-electron chi connectivity index (χ4n) is 3.44. The topological polar surface area (TPSA) is 67.3 Å². The molecule has 7 heteroatoms. The Bertz CT molecular complexity index is 897. The Morgan fingerprint density at radius 2 is 2.12 bits per heavy atom. The normalized spacial score (nSPS) is 18.2. The zero-order valence-electron chi connectivity index (χ0n) is 15.0.